The van der Waals surface area contributed by atoms with Crippen LogP contribution in [0.15, 0.2) is 47.4 Å². The van der Waals surface area contributed by atoms with E-state index in [-0.39, 0.29) is 11.2 Å². The second kappa shape index (κ2) is 4.54. The number of aromatic amines is 1. The summed E-state index contributed by atoms with van der Waals surface area (Å²) in [6, 6.07) is 9.31. The Morgan fingerprint density at radius 2 is 2.05 bits per heavy atom. The van der Waals surface area contributed by atoms with Crippen molar-refractivity contribution in [1.82, 2.24) is 15.2 Å². The molecule has 0 saturated carbocycles. The van der Waals surface area contributed by atoms with E-state index in [0.717, 1.165) is 0 Å². The number of hydrogen-bond acceptors (Lipinski definition) is 5. The third kappa shape index (κ3) is 1.91. The van der Waals surface area contributed by atoms with Gasteiger partial charge in [0.2, 0.25) is 0 Å². The van der Waals surface area contributed by atoms with E-state index in [1.807, 2.05) is 0 Å². The van der Waals surface area contributed by atoms with Crippen molar-refractivity contribution in [2.45, 2.75) is 0 Å². The van der Waals surface area contributed by atoms with Crippen molar-refractivity contribution in [3.63, 3.8) is 0 Å². The molecule has 7 nitrogen and oxygen atoms in total. The van der Waals surface area contributed by atoms with Crippen molar-refractivity contribution >= 4 is 16.6 Å². The van der Waals surface area contributed by atoms with Crippen LogP contribution in [-0.2, 0) is 0 Å². The number of H-pyrrole nitrogens is 1. The van der Waals surface area contributed by atoms with Crippen LogP contribution in [0.5, 0.6) is 0 Å². The first-order valence-electron chi connectivity index (χ1n) is 5.75. The summed E-state index contributed by atoms with van der Waals surface area (Å²) in [6.07, 6.45) is 1.55. The van der Waals surface area contributed by atoms with E-state index in [1.165, 1.54) is 12.1 Å². The molecular formula is C13H8N4O3. The fourth-order valence-corrected chi connectivity index (χ4v) is 1.97. The number of nitrogens with one attached hydrogen (secondary N) is 1. The number of aromatic nitrogens is 3. The summed E-state index contributed by atoms with van der Waals surface area (Å²) < 4.78 is 0. The van der Waals surface area contributed by atoms with Gasteiger partial charge in [-0.25, -0.2) is 5.10 Å². The van der Waals surface area contributed by atoms with E-state index in [4.69, 9.17) is 0 Å². The number of hydrogen-bond donors (Lipinski definition) is 1. The second-order valence-electron chi connectivity index (χ2n) is 4.11. The van der Waals surface area contributed by atoms with E-state index >= 15 is 0 Å². The third-order valence-corrected chi connectivity index (χ3v) is 2.88. The van der Waals surface area contributed by atoms with Crippen LogP contribution in [0.2, 0.25) is 0 Å². The Morgan fingerprint density at radius 1 is 1.20 bits per heavy atom. The molecule has 0 amide bonds. The highest BCUT2D eigenvalue weighted by atomic mass is 16.6. The largest absolute Gasteiger partial charge is 0.273 e. The van der Waals surface area contributed by atoms with Gasteiger partial charge in [-0.2, -0.15) is 5.10 Å². The van der Waals surface area contributed by atoms with Crippen LogP contribution in [0.1, 0.15) is 0 Å². The summed E-state index contributed by atoms with van der Waals surface area (Å²) in [5.41, 5.74) is 0.960. The number of nitro groups is 1. The molecule has 1 N–H and O–H groups in total. The molecule has 0 aliphatic carbocycles. The molecule has 1 aromatic carbocycles. The number of nitrogens with zero attached hydrogens (tertiary/aromatic N) is 3. The van der Waals surface area contributed by atoms with Gasteiger partial charge < -0.3 is 0 Å². The Labute approximate surface area is 112 Å². The maximum absolute atomic E-state index is 11.7. The summed E-state index contributed by atoms with van der Waals surface area (Å²) in [7, 11) is 0. The quantitative estimate of drug-likeness (QED) is 0.564. The normalized spacial score (nSPS) is 10.6. The lowest BCUT2D eigenvalue weighted by molar-refractivity contribution is -0.384. The molecule has 3 aromatic rings. The maximum Gasteiger partial charge on any atom is 0.273 e. The summed E-state index contributed by atoms with van der Waals surface area (Å²) >= 11 is 0. The van der Waals surface area contributed by atoms with Crippen molar-refractivity contribution in [2.75, 3.05) is 0 Å². The molecule has 0 radical (unpaired) electrons. The highest BCUT2D eigenvalue weighted by Crippen LogP contribution is 2.25. The van der Waals surface area contributed by atoms with Crippen LogP contribution in [0.3, 0.4) is 0 Å². The Bertz CT molecular complexity index is 873. The second-order valence-corrected chi connectivity index (χ2v) is 4.11. The minimum atomic E-state index is -0.481. The Kier molecular flexibility index (Phi) is 2.72. The van der Waals surface area contributed by atoms with E-state index in [2.05, 4.69) is 15.2 Å². The summed E-state index contributed by atoms with van der Waals surface area (Å²) in [4.78, 5) is 26.1. The highest BCUT2D eigenvalue weighted by molar-refractivity contribution is 5.90. The Hall–Kier alpha value is -3.09. The zero-order chi connectivity index (χ0) is 14.1. The molecule has 0 bridgehead atoms. The standard InChI is InChI=1S/C13H8N4O3/c18-13-10-5-2-6-14-12(10)11(15-16-13)8-3-1-4-9(7-8)17(19)20/h1-7H,(H,16,18). The maximum atomic E-state index is 11.7. The lowest BCUT2D eigenvalue weighted by Gasteiger charge is -2.03. The smallest absolute Gasteiger partial charge is 0.267 e. The zero-order valence-electron chi connectivity index (χ0n) is 10.1. The molecule has 0 aliphatic heterocycles. The van der Waals surface area contributed by atoms with Gasteiger partial charge in [-0.15, -0.1) is 0 Å². The van der Waals surface area contributed by atoms with Crippen LogP contribution in [0.4, 0.5) is 5.69 Å². The lowest BCUT2D eigenvalue weighted by Crippen LogP contribution is -2.10. The molecule has 2 aromatic heterocycles. The molecule has 0 unspecified atom stereocenters. The van der Waals surface area contributed by atoms with Crippen molar-refractivity contribution in [2.24, 2.45) is 0 Å². The minimum absolute atomic E-state index is 0.0421. The molecule has 0 aliphatic rings. The van der Waals surface area contributed by atoms with Crippen LogP contribution in [0, 0.1) is 10.1 Å². The monoisotopic (exact) mass is 268 g/mol. The molecule has 7 heteroatoms. The van der Waals surface area contributed by atoms with Gasteiger partial charge >= 0.3 is 0 Å². The Balaban J connectivity index is 2.30. The molecule has 98 valence electrons. The van der Waals surface area contributed by atoms with Crippen LogP contribution < -0.4 is 5.56 Å². The first-order chi connectivity index (χ1) is 9.66. The lowest BCUT2D eigenvalue weighted by atomic mass is 10.1. The number of pyridine rings is 1. The first kappa shape index (κ1) is 12.0. The van der Waals surface area contributed by atoms with Gasteiger partial charge in [0.05, 0.1) is 10.3 Å². The fourth-order valence-electron chi connectivity index (χ4n) is 1.97. The van der Waals surface area contributed by atoms with E-state index in [1.54, 1.807) is 30.5 Å². The number of non-ortho nitro benzene ring substituents is 1. The molecule has 20 heavy (non-hydrogen) atoms. The zero-order valence-corrected chi connectivity index (χ0v) is 10.1. The molecule has 0 fully saturated rings. The van der Waals surface area contributed by atoms with Gasteiger partial charge in [-0.1, -0.05) is 12.1 Å². The number of benzene rings is 1. The topological polar surface area (TPSA) is 102 Å². The number of nitro benzene ring substituents is 1. The van der Waals surface area contributed by atoms with E-state index < -0.39 is 4.92 Å². The van der Waals surface area contributed by atoms with Gasteiger partial charge in [0.1, 0.15) is 11.2 Å². The third-order valence-electron chi connectivity index (χ3n) is 2.88. The van der Waals surface area contributed by atoms with E-state index in [0.29, 0.717) is 22.2 Å². The average Bonchev–Trinajstić information content (AvgIpc) is 2.48. The molecule has 0 saturated heterocycles. The van der Waals surface area contributed by atoms with Gasteiger partial charge in [-0.05, 0) is 12.1 Å². The predicted molar refractivity (Wildman–Crippen MR) is 72.2 cm³/mol. The number of rotatable bonds is 2. The predicted octanol–water partition coefficient (Wildman–Crippen LogP) is 1.89. The number of fused-ring (bicyclic) bond motifs is 1. The van der Waals surface area contributed by atoms with Crippen LogP contribution in [-0.4, -0.2) is 20.1 Å². The Morgan fingerprint density at radius 3 is 2.85 bits per heavy atom. The summed E-state index contributed by atoms with van der Waals surface area (Å²) in [6.45, 7) is 0. The van der Waals surface area contributed by atoms with Crippen molar-refractivity contribution in [3.05, 3.63) is 63.1 Å². The van der Waals surface area contributed by atoms with Gasteiger partial charge in [0.25, 0.3) is 11.2 Å². The van der Waals surface area contributed by atoms with Crippen molar-refractivity contribution < 1.29 is 4.92 Å². The molecule has 2 heterocycles. The first-order valence-corrected chi connectivity index (χ1v) is 5.75. The van der Waals surface area contributed by atoms with Crippen LogP contribution >= 0.6 is 0 Å². The fraction of sp³-hybridized carbons (Fsp3) is 0. The summed E-state index contributed by atoms with van der Waals surface area (Å²) in [5.74, 6) is 0. The van der Waals surface area contributed by atoms with Crippen LogP contribution in [0.25, 0.3) is 22.2 Å². The molecular weight excluding hydrogens is 260 g/mol. The highest BCUT2D eigenvalue weighted by Gasteiger charge is 2.12. The van der Waals surface area contributed by atoms with Gasteiger partial charge in [0.15, 0.2) is 0 Å². The van der Waals surface area contributed by atoms with Crippen molar-refractivity contribution in [3.8, 4) is 11.3 Å². The van der Waals surface area contributed by atoms with Crippen molar-refractivity contribution in [1.29, 1.82) is 0 Å². The molecule has 0 spiro atoms. The molecule has 3 rings (SSSR count). The minimum Gasteiger partial charge on any atom is -0.267 e. The average molecular weight is 268 g/mol. The van der Waals surface area contributed by atoms with E-state index in [9.17, 15) is 14.9 Å². The van der Waals surface area contributed by atoms with Gasteiger partial charge in [0, 0.05) is 23.9 Å². The SMILES string of the molecule is O=c1[nH]nc(-c2cccc([N+](=O)[O-])c2)c2ncccc12. The van der Waals surface area contributed by atoms with Gasteiger partial charge in [-0.3, -0.25) is 19.9 Å². The molecule has 0 atom stereocenters. The summed E-state index contributed by atoms with van der Waals surface area (Å²) in [5, 5.41) is 17.5.